The number of carbonyl (C=O) groups excluding carboxylic acids is 1. The SMILES string of the molecule is CC(C)(O[Si](C)(C)C(C)(C)C)c1cc(Nc2nn(C3COCC[C@@H]3C#N)cc2C(N)=O)ccc1B1OC(C)(C)C(C)(C)O1. The molecule has 0 radical (unpaired) electrons. The van der Waals surface area contributed by atoms with E-state index in [0.29, 0.717) is 31.1 Å². The quantitative estimate of drug-likeness (QED) is 0.381. The van der Waals surface area contributed by atoms with Crippen LogP contribution in [0.3, 0.4) is 0 Å². The van der Waals surface area contributed by atoms with Gasteiger partial charge in [-0.05, 0) is 89.3 Å². The highest BCUT2D eigenvalue weighted by Gasteiger charge is 2.53. The van der Waals surface area contributed by atoms with Gasteiger partial charge in [-0.25, -0.2) is 0 Å². The minimum absolute atomic E-state index is 0.00201. The van der Waals surface area contributed by atoms with Crippen molar-refractivity contribution in [2.75, 3.05) is 18.5 Å². The van der Waals surface area contributed by atoms with E-state index in [4.69, 9.17) is 24.2 Å². The first-order chi connectivity index (χ1) is 19.7. The van der Waals surface area contributed by atoms with Crippen LogP contribution < -0.4 is 16.5 Å². The van der Waals surface area contributed by atoms with Gasteiger partial charge in [0.1, 0.15) is 5.56 Å². The van der Waals surface area contributed by atoms with Crippen LogP contribution in [0.1, 0.15) is 90.7 Å². The number of anilines is 2. The predicted molar refractivity (Wildman–Crippen MR) is 171 cm³/mol. The highest BCUT2D eigenvalue weighted by molar-refractivity contribution is 6.74. The van der Waals surface area contributed by atoms with E-state index in [2.05, 4.69) is 64.2 Å². The van der Waals surface area contributed by atoms with E-state index >= 15 is 0 Å². The fourth-order valence-corrected chi connectivity index (χ4v) is 6.97. The number of amides is 1. The number of hydrogen-bond acceptors (Lipinski definition) is 8. The lowest BCUT2D eigenvalue weighted by molar-refractivity contribution is 0.00578. The number of rotatable bonds is 8. The van der Waals surface area contributed by atoms with Gasteiger partial charge >= 0.3 is 7.12 Å². The van der Waals surface area contributed by atoms with E-state index in [-0.39, 0.29) is 22.6 Å². The molecule has 1 aromatic heterocycles. The molecule has 234 valence electrons. The van der Waals surface area contributed by atoms with Crippen molar-refractivity contribution in [3.05, 3.63) is 35.5 Å². The smallest absolute Gasteiger partial charge is 0.408 e. The topological polar surface area (TPSA) is 134 Å². The third-order valence-corrected chi connectivity index (χ3v) is 14.3. The number of nitriles is 1. The second-order valence-corrected chi connectivity index (χ2v) is 19.5. The Morgan fingerprint density at radius 1 is 1.19 bits per heavy atom. The van der Waals surface area contributed by atoms with Crippen LogP contribution in [0.15, 0.2) is 24.4 Å². The highest BCUT2D eigenvalue weighted by atomic mass is 28.4. The van der Waals surface area contributed by atoms with Crippen LogP contribution in [-0.4, -0.2) is 55.5 Å². The molecule has 2 aliphatic rings. The standard InChI is InChI=1S/C31H48BN5O5Si/c1-28(2,3)43(10,11)42-29(4,5)23-16-21(12-13-24(23)32-40-30(6,7)31(8,9)41-32)35-27-22(26(34)38)18-37(36-27)25-19-39-15-14-20(25)17-33/h12-13,16,18,20,25H,14-15,19H2,1-11H3,(H2,34,38)(H,35,36)/t20-,25?/m1/s1. The Hall–Kier alpha value is -2.69. The lowest BCUT2D eigenvalue weighted by Crippen LogP contribution is -2.49. The summed E-state index contributed by atoms with van der Waals surface area (Å²) in [5.41, 5.74) is 6.76. The molecule has 0 saturated carbocycles. The van der Waals surface area contributed by atoms with Gasteiger partial charge < -0.3 is 29.5 Å². The minimum Gasteiger partial charge on any atom is -0.408 e. The van der Waals surface area contributed by atoms with E-state index in [1.165, 1.54) is 0 Å². The Bertz CT molecular complexity index is 1390. The second kappa shape index (κ2) is 11.3. The number of benzene rings is 1. The molecule has 43 heavy (non-hydrogen) atoms. The Morgan fingerprint density at radius 2 is 1.81 bits per heavy atom. The van der Waals surface area contributed by atoms with Crippen LogP contribution >= 0.6 is 0 Å². The van der Waals surface area contributed by atoms with E-state index < -0.39 is 38.1 Å². The average molecular weight is 610 g/mol. The van der Waals surface area contributed by atoms with Gasteiger partial charge in [0.15, 0.2) is 14.1 Å². The first kappa shape index (κ1) is 33.2. The number of aromatic nitrogens is 2. The summed E-state index contributed by atoms with van der Waals surface area (Å²) in [6, 6.07) is 7.94. The molecule has 2 atom stereocenters. The molecule has 0 spiro atoms. The fourth-order valence-electron chi connectivity index (χ4n) is 5.28. The molecule has 4 rings (SSSR count). The highest BCUT2D eigenvalue weighted by Crippen LogP contribution is 2.43. The van der Waals surface area contributed by atoms with Gasteiger partial charge in [0, 0.05) is 18.5 Å². The molecule has 2 aromatic rings. The molecular weight excluding hydrogens is 561 g/mol. The zero-order valence-corrected chi connectivity index (χ0v) is 28.6. The van der Waals surface area contributed by atoms with Gasteiger partial charge in [0.05, 0.1) is 41.4 Å². The van der Waals surface area contributed by atoms with E-state index in [1.807, 2.05) is 45.9 Å². The molecule has 10 nitrogen and oxygen atoms in total. The van der Waals surface area contributed by atoms with Crippen LogP contribution in [-0.2, 0) is 24.1 Å². The zero-order chi connectivity index (χ0) is 32.2. The molecule has 2 fully saturated rings. The Balaban J connectivity index is 1.77. The molecule has 2 aliphatic heterocycles. The van der Waals surface area contributed by atoms with Crippen molar-refractivity contribution >= 4 is 38.3 Å². The van der Waals surface area contributed by atoms with E-state index in [9.17, 15) is 10.1 Å². The molecular formula is C31H48BN5O5Si. The van der Waals surface area contributed by atoms with Crippen molar-refractivity contribution in [3.8, 4) is 6.07 Å². The summed E-state index contributed by atoms with van der Waals surface area (Å²) >= 11 is 0. The number of ether oxygens (including phenoxy) is 1. The Morgan fingerprint density at radius 3 is 2.37 bits per heavy atom. The van der Waals surface area contributed by atoms with Crippen LogP contribution in [0.5, 0.6) is 0 Å². The molecule has 12 heteroatoms. The maximum absolute atomic E-state index is 12.5. The van der Waals surface area contributed by atoms with Crippen molar-refractivity contribution in [1.82, 2.24) is 9.78 Å². The third-order valence-electron chi connectivity index (χ3n) is 9.62. The second-order valence-electron chi connectivity index (χ2n) is 14.8. The largest absolute Gasteiger partial charge is 0.495 e. The molecule has 3 heterocycles. The predicted octanol–water partition coefficient (Wildman–Crippen LogP) is 5.38. The van der Waals surface area contributed by atoms with Crippen LogP contribution in [0.25, 0.3) is 0 Å². The van der Waals surface area contributed by atoms with Gasteiger partial charge in [-0.1, -0.05) is 26.8 Å². The molecule has 1 aromatic carbocycles. The maximum atomic E-state index is 12.5. The zero-order valence-electron chi connectivity index (χ0n) is 27.6. The molecule has 0 aliphatic carbocycles. The molecule has 0 bridgehead atoms. The minimum atomic E-state index is -2.20. The van der Waals surface area contributed by atoms with E-state index in [0.717, 1.165) is 11.0 Å². The van der Waals surface area contributed by atoms with Crippen LogP contribution in [0.2, 0.25) is 18.1 Å². The Kier molecular flexibility index (Phi) is 8.76. The Labute approximate surface area is 257 Å². The fraction of sp³-hybridized carbons (Fsp3) is 0.645. The monoisotopic (exact) mass is 609 g/mol. The van der Waals surface area contributed by atoms with Gasteiger partial charge in [0.25, 0.3) is 5.91 Å². The van der Waals surface area contributed by atoms with Crippen molar-refractivity contribution in [3.63, 3.8) is 0 Å². The summed E-state index contributed by atoms with van der Waals surface area (Å²) in [7, 11) is -2.79. The lowest BCUT2D eigenvalue weighted by atomic mass is 9.72. The number of primary amides is 1. The van der Waals surface area contributed by atoms with Crippen LogP contribution in [0.4, 0.5) is 11.5 Å². The summed E-state index contributed by atoms with van der Waals surface area (Å²) in [6.45, 7) is 24.3. The maximum Gasteiger partial charge on any atom is 0.495 e. The molecule has 1 amide bonds. The van der Waals surface area contributed by atoms with Gasteiger partial charge in [-0.3, -0.25) is 9.48 Å². The van der Waals surface area contributed by atoms with Crippen LogP contribution in [0, 0.1) is 17.2 Å². The number of hydrogen-bond donors (Lipinski definition) is 2. The first-order valence-corrected chi connectivity index (χ1v) is 17.9. The number of nitrogens with zero attached hydrogens (tertiary/aromatic N) is 3. The average Bonchev–Trinajstić information content (AvgIpc) is 3.39. The summed E-state index contributed by atoms with van der Waals surface area (Å²) in [5.74, 6) is -0.580. The molecule has 3 N–H and O–H groups in total. The normalized spacial score (nSPS) is 22.3. The van der Waals surface area contributed by atoms with E-state index in [1.54, 1.807) is 10.9 Å². The summed E-state index contributed by atoms with van der Waals surface area (Å²) in [5, 5.41) is 17.7. The van der Waals surface area contributed by atoms with Crippen molar-refractivity contribution in [2.45, 2.75) is 110 Å². The number of nitrogens with one attached hydrogen (secondary N) is 1. The van der Waals surface area contributed by atoms with Crippen molar-refractivity contribution in [1.29, 1.82) is 5.26 Å². The molecule has 2 saturated heterocycles. The summed E-state index contributed by atoms with van der Waals surface area (Å²) in [4.78, 5) is 12.5. The summed E-state index contributed by atoms with van der Waals surface area (Å²) in [6.07, 6.45) is 2.20. The lowest BCUT2D eigenvalue weighted by Gasteiger charge is -2.43. The number of nitrogens with two attached hydrogens (primary N) is 1. The third kappa shape index (κ3) is 6.56. The first-order valence-electron chi connectivity index (χ1n) is 15.0. The molecule has 1 unspecified atom stereocenters. The van der Waals surface area contributed by atoms with Crippen molar-refractivity contribution < 1.29 is 23.3 Å². The van der Waals surface area contributed by atoms with Gasteiger partial charge in [0.2, 0.25) is 0 Å². The summed E-state index contributed by atoms with van der Waals surface area (Å²) < 4.78 is 27.2. The number of carbonyl (C=O) groups is 1. The van der Waals surface area contributed by atoms with Gasteiger partial charge in [-0.2, -0.15) is 10.4 Å². The van der Waals surface area contributed by atoms with Gasteiger partial charge in [-0.15, -0.1) is 0 Å². The van der Waals surface area contributed by atoms with Crippen molar-refractivity contribution in [2.24, 2.45) is 11.7 Å².